The van der Waals surface area contributed by atoms with Crippen LogP contribution >= 0.6 is 0 Å². The molecule has 0 spiro atoms. The highest BCUT2D eigenvalue weighted by Crippen LogP contribution is 2.25. The van der Waals surface area contributed by atoms with E-state index in [1.807, 2.05) is 0 Å². The van der Waals surface area contributed by atoms with Crippen molar-refractivity contribution < 1.29 is 0 Å². The van der Waals surface area contributed by atoms with Crippen molar-refractivity contribution in [1.82, 2.24) is 0 Å². The average Bonchev–Trinajstić information content (AvgIpc) is 3.09. The number of hydrogen-bond donors (Lipinski definition) is 0. The minimum absolute atomic E-state index is 1.11. The zero-order valence-electron chi connectivity index (χ0n) is 11.3. The quantitative estimate of drug-likeness (QED) is 0.441. The second-order valence-corrected chi connectivity index (χ2v) is 5.39. The van der Waals surface area contributed by atoms with Gasteiger partial charge in [0.2, 0.25) is 0 Å². The Morgan fingerprint density at radius 1 is 0.550 bits per heavy atom. The number of fused-ring (bicyclic) bond motifs is 2. The Morgan fingerprint density at radius 2 is 1.00 bits per heavy atom. The van der Waals surface area contributed by atoms with Gasteiger partial charge in [0.25, 0.3) is 0 Å². The van der Waals surface area contributed by atoms with Crippen LogP contribution in [-0.4, -0.2) is 0 Å². The molecule has 0 heteroatoms. The van der Waals surface area contributed by atoms with E-state index in [0.29, 0.717) is 0 Å². The third kappa shape index (κ3) is 1.85. The van der Waals surface area contributed by atoms with Crippen LogP contribution in [0.1, 0.15) is 11.1 Å². The van der Waals surface area contributed by atoms with Gasteiger partial charge < -0.3 is 0 Å². The summed E-state index contributed by atoms with van der Waals surface area (Å²) >= 11 is 0. The van der Waals surface area contributed by atoms with Crippen LogP contribution in [0.2, 0.25) is 0 Å². The van der Waals surface area contributed by atoms with Gasteiger partial charge in [-0.1, -0.05) is 25.0 Å². The Kier molecular flexibility index (Phi) is 2.67. The molecular formula is C20H16-2. The number of rotatable bonds is 3. The van der Waals surface area contributed by atoms with Crippen molar-refractivity contribution in [2.45, 2.75) is 12.8 Å². The molecule has 4 aromatic rings. The highest BCUT2D eigenvalue weighted by atomic mass is 14.1. The average molecular weight is 256 g/mol. The number of benzene rings is 2. The van der Waals surface area contributed by atoms with E-state index in [-0.39, 0.29) is 0 Å². The van der Waals surface area contributed by atoms with Crippen molar-refractivity contribution in [3.63, 3.8) is 0 Å². The summed E-state index contributed by atoms with van der Waals surface area (Å²) in [6.45, 7) is 0. The molecule has 0 heterocycles. The Labute approximate surface area is 119 Å². The van der Waals surface area contributed by atoms with Crippen molar-refractivity contribution in [1.29, 1.82) is 0 Å². The van der Waals surface area contributed by atoms with Crippen molar-refractivity contribution in [3.8, 4) is 0 Å². The molecule has 0 aliphatic heterocycles. The lowest BCUT2D eigenvalue weighted by Gasteiger charge is -2.09. The smallest absolute Gasteiger partial charge is 0.0668 e. The number of hydrogen-bond acceptors (Lipinski definition) is 0. The van der Waals surface area contributed by atoms with Crippen molar-refractivity contribution in [2.75, 3.05) is 0 Å². The molecule has 0 fully saturated rings. The minimum Gasteiger partial charge on any atom is -0.168 e. The molecule has 0 N–H and O–H groups in total. The molecule has 4 rings (SSSR count). The van der Waals surface area contributed by atoms with Gasteiger partial charge in [-0.25, -0.2) is 0 Å². The first-order valence-corrected chi connectivity index (χ1v) is 7.18. The van der Waals surface area contributed by atoms with Crippen LogP contribution in [0.25, 0.3) is 21.5 Å². The Morgan fingerprint density at radius 3 is 1.50 bits per heavy atom. The molecule has 0 aliphatic rings. The monoisotopic (exact) mass is 256 g/mol. The highest BCUT2D eigenvalue weighted by molar-refractivity contribution is 5.89. The van der Waals surface area contributed by atoms with Gasteiger partial charge in [-0.05, 0) is 0 Å². The molecular weight excluding hydrogens is 240 g/mol. The first kappa shape index (κ1) is 11.5. The molecule has 0 unspecified atom stereocenters. The molecule has 0 radical (unpaired) electrons. The van der Waals surface area contributed by atoms with Crippen LogP contribution in [0.15, 0.2) is 72.8 Å². The molecule has 0 nitrogen and oxygen atoms in total. The van der Waals surface area contributed by atoms with Crippen LogP contribution in [0.5, 0.6) is 0 Å². The van der Waals surface area contributed by atoms with Crippen LogP contribution in [-0.2, 0) is 12.8 Å². The molecule has 0 atom stereocenters. The molecule has 0 aromatic heterocycles. The van der Waals surface area contributed by atoms with E-state index < -0.39 is 0 Å². The van der Waals surface area contributed by atoms with Crippen molar-refractivity contribution >= 4 is 21.5 Å². The van der Waals surface area contributed by atoms with Crippen LogP contribution in [0.4, 0.5) is 0 Å². The van der Waals surface area contributed by atoms with E-state index in [4.69, 9.17) is 0 Å². The molecule has 0 aliphatic carbocycles. The molecule has 4 aromatic carbocycles. The maximum Gasteiger partial charge on any atom is -0.0668 e. The molecule has 0 saturated heterocycles. The van der Waals surface area contributed by atoms with E-state index >= 15 is 0 Å². The summed E-state index contributed by atoms with van der Waals surface area (Å²) in [7, 11) is 0. The van der Waals surface area contributed by atoms with E-state index in [1.54, 1.807) is 0 Å². The third-order valence-electron chi connectivity index (χ3n) is 4.21. The fraction of sp³-hybridized carbons (Fsp3) is 0.100. The second kappa shape index (κ2) is 4.64. The van der Waals surface area contributed by atoms with Crippen LogP contribution in [0, 0.1) is 0 Å². The summed E-state index contributed by atoms with van der Waals surface area (Å²) in [6, 6.07) is 26.3. The lowest BCUT2D eigenvalue weighted by molar-refractivity contribution is 0.984. The second-order valence-electron chi connectivity index (χ2n) is 5.39. The summed E-state index contributed by atoms with van der Waals surface area (Å²) in [5.41, 5.74) is 2.93. The predicted molar refractivity (Wildman–Crippen MR) is 86.5 cm³/mol. The predicted octanol–water partition coefficient (Wildman–Crippen LogP) is 5.22. The standard InChI is InChI=1S/C20H16/c1-3-7-19-15(5-1)9-11-17(19)13-14-18-12-10-16-6-2-4-8-20(16)18/h1-12H,13-14H2/q-2. The van der Waals surface area contributed by atoms with E-state index in [0.717, 1.165) is 12.8 Å². The van der Waals surface area contributed by atoms with Gasteiger partial charge >= 0.3 is 0 Å². The maximum atomic E-state index is 2.27. The molecule has 0 saturated carbocycles. The summed E-state index contributed by atoms with van der Waals surface area (Å²) in [5.74, 6) is 0. The van der Waals surface area contributed by atoms with Gasteiger partial charge in [0.1, 0.15) is 0 Å². The van der Waals surface area contributed by atoms with Crippen LogP contribution in [0.3, 0.4) is 0 Å². The van der Waals surface area contributed by atoms with Crippen molar-refractivity contribution in [2.24, 2.45) is 0 Å². The molecule has 98 valence electrons. The van der Waals surface area contributed by atoms with Gasteiger partial charge in [0, 0.05) is 0 Å². The van der Waals surface area contributed by atoms with Gasteiger partial charge in [-0.15, -0.1) is 81.2 Å². The first-order chi connectivity index (χ1) is 9.92. The van der Waals surface area contributed by atoms with E-state index in [2.05, 4.69) is 72.8 Å². The number of aryl methyl sites for hydroxylation is 2. The fourth-order valence-corrected chi connectivity index (χ4v) is 3.14. The topological polar surface area (TPSA) is 0 Å². The van der Waals surface area contributed by atoms with Crippen molar-refractivity contribution in [3.05, 3.63) is 83.9 Å². The van der Waals surface area contributed by atoms with Gasteiger partial charge in [-0.3, -0.25) is 0 Å². The lowest BCUT2D eigenvalue weighted by atomic mass is 10.0. The Bertz CT molecular complexity index is 784. The lowest BCUT2D eigenvalue weighted by Crippen LogP contribution is -1.88. The minimum atomic E-state index is 1.11. The summed E-state index contributed by atoms with van der Waals surface area (Å²) in [5, 5.41) is 5.52. The fourth-order valence-electron chi connectivity index (χ4n) is 3.14. The third-order valence-corrected chi connectivity index (χ3v) is 4.21. The normalized spacial score (nSPS) is 11.4. The van der Waals surface area contributed by atoms with E-state index in [9.17, 15) is 0 Å². The SMILES string of the molecule is c1ccc2c(c1)cc[c-]2CC[c-]1ccc2ccccc21. The first-order valence-electron chi connectivity index (χ1n) is 7.18. The Hall–Kier alpha value is -2.34. The van der Waals surface area contributed by atoms with Gasteiger partial charge in [-0.2, -0.15) is 12.1 Å². The summed E-state index contributed by atoms with van der Waals surface area (Å²) in [4.78, 5) is 0. The largest absolute Gasteiger partial charge is 0.168 e. The summed E-state index contributed by atoms with van der Waals surface area (Å²) < 4.78 is 0. The zero-order valence-corrected chi connectivity index (χ0v) is 11.3. The van der Waals surface area contributed by atoms with Gasteiger partial charge in [0.15, 0.2) is 0 Å². The molecule has 20 heavy (non-hydrogen) atoms. The highest BCUT2D eigenvalue weighted by Gasteiger charge is 1.97. The zero-order chi connectivity index (χ0) is 13.4. The maximum absolute atomic E-state index is 2.27. The van der Waals surface area contributed by atoms with Gasteiger partial charge in [0.05, 0.1) is 0 Å². The molecule has 0 amide bonds. The Balaban J connectivity index is 1.64. The molecule has 0 bridgehead atoms. The van der Waals surface area contributed by atoms with E-state index in [1.165, 1.54) is 32.7 Å². The van der Waals surface area contributed by atoms with Crippen LogP contribution < -0.4 is 0 Å². The summed E-state index contributed by atoms with van der Waals surface area (Å²) in [6.07, 6.45) is 2.23.